The van der Waals surface area contributed by atoms with Crippen LogP contribution in [0.1, 0.15) is 202 Å². The predicted molar refractivity (Wildman–Crippen MR) is 222 cm³/mol. The lowest BCUT2D eigenvalue weighted by Gasteiger charge is -2.68. The molecule has 0 radical (unpaired) electrons. The summed E-state index contributed by atoms with van der Waals surface area (Å²) in [6, 6.07) is 3.22. The molecule has 8 rings (SSSR count). The van der Waals surface area contributed by atoms with Crippen molar-refractivity contribution in [2.75, 3.05) is 0 Å². The van der Waals surface area contributed by atoms with Crippen LogP contribution >= 0.6 is 0 Å². The molecule has 10 unspecified atom stereocenters. The average molecular weight is 722 g/mol. The molecule has 2 aromatic rings. The SMILES string of the molecule is CC(=O)/C(C)=C/C(C)CC1(C)C2CCC3Cc4c(n5c6c(c7c(cc46)C4CC(C)(C)OC(C)(C)C4C7C)C(C)(C)C5C(C)C)C3(C)C2(C)CCC1(C)C. The van der Waals surface area contributed by atoms with E-state index < -0.39 is 0 Å². The second-order valence-electron chi connectivity index (χ2n) is 23.4. The van der Waals surface area contributed by atoms with Gasteiger partial charge >= 0.3 is 0 Å². The summed E-state index contributed by atoms with van der Waals surface area (Å²) in [6.45, 7) is 41.8. The van der Waals surface area contributed by atoms with E-state index in [1.165, 1.54) is 32.1 Å². The summed E-state index contributed by atoms with van der Waals surface area (Å²) >= 11 is 0. The van der Waals surface area contributed by atoms with Crippen molar-refractivity contribution in [3.05, 3.63) is 45.7 Å². The van der Waals surface area contributed by atoms with Crippen molar-refractivity contribution in [2.24, 2.45) is 45.8 Å². The van der Waals surface area contributed by atoms with Crippen LogP contribution in [0.2, 0.25) is 0 Å². The lowest BCUT2D eigenvalue weighted by atomic mass is 9.36. The standard InChI is InChI=1S/C50H75NO2/c1-27(2)42-46(11,12)40-38-30(5)39-36(26-45(9,10)53-47(39,13)14)33(38)24-34-35-23-32-18-19-37-48(15,50(32,17)43(35)51(42)41(34)40)21-20-44(7,8)49(37,16)25-28(3)22-29(4)31(6)52/h22,24,27-28,30,32,36-37,39,42H,18-21,23,25-26H2,1-17H3/b29-22+. The highest BCUT2D eigenvalue weighted by Gasteiger charge is 2.69. The van der Waals surface area contributed by atoms with Crippen molar-refractivity contribution < 1.29 is 9.53 Å². The van der Waals surface area contributed by atoms with Crippen molar-refractivity contribution in [1.29, 1.82) is 0 Å². The first-order chi connectivity index (χ1) is 24.3. The first-order valence-corrected chi connectivity index (χ1v) is 21.9. The summed E-state index contributed by atoms with van der Waals surface area (Å²) in [5, 5.41) is 1.62. The molecule has 6 aliphatic rings. The van der Waals surface area contributed by atoms with Gasteiger partial charge in [0, 0.05) is 33.9 Å². The zero-order chi connectivity index (χ0) is 39.0. The normalized spacial score (nSPS) is 40.5. The molecule has 0 N–H and O–H groups in total. The molecule has 2 saturated carbocycles. The largest absolute Gasteiger partial charge is 0.369 e. The fraction of sp³-hybridized carbons (Fsp3) is 0.780. The number of carbonyl (C=O) groups excluding carboxylic acids is 1. The maximum atomic E-state index is 12.3. The fourth-order valence-corrected chi connectivity index (χ4v) is 16.4. The van der Waals surface area contributed by atoms with Gasteiger partial charge in [0.25, 0.3) is 0 Å². The minimum Gasteiger partial charge on any atom is -0.369 e. The molecular formula is C50H75NO2. The molecule has 2 aliphatic heterocycles. The van der Waals surface area contributed by atoms with Crippen LogP contribution < -0.4 is 0 Å². The number of aromatic nitrogens is 1. The number of ether oxygens (including phenoxy) is 1. The molecule has 3 heteroatoms. The summed E-state index contributed by atoms with van der Waals surface area (Å²) in [6.07, 6.45) is 11.0. The van der Waals surface area contributed by atoms with E-state index in [-0.39, 0.29) is 44.1 Å². The number of ketones is 1. The molecule has 4 aliphatic carbocycles. The predicted octanol–water partition coefficient (Wildman–Crippen LogP) is 13.2. The third-order valence-electron chi connectivity index (χ3n) is 18.6. The maximum Gasteiger partial charge on any atom is 0.155 e. The van der Waals surface area contributed by atoms with Gasteiger partial charge in [-0.25, -0.2) is 0 Å². The van der Waals surface area contributed by atoms with Gasteiger partial charge in [-0.05, 0) is 172 Å². The topological polar surface area (TPSA) is 31.2 Å². The Morgan fingerprint density at radius 1 is 0.962 bits per heavy atom. The van der Waals surface area contributed by atoms with Crippen LogP contribution in [-0.2, 0) is 26.8 Å². The molecule has 1 saturated heterocycles. The van der Waals surface area contributed by atoms with E-state index in [4.69, 9.17) is 4.74 Å². The minimum absolute atomic E-state index is 0.0488. The number of allylic oxidation sites excluding steroid dienone is 2. The molecule has 1 aromatic carbocycles. The van der Waals surface area contributed by atoms with Crippen LogP contribution in [0.3, 0.4) is 0 Å². The van der Waals surface area contributed by atoms with E-state index in [1.807, 2.05) is 6.92 Å². The van der Waals surface area contributed by atoms with E-state index in [0.717, 1.165) is 18.4 Å². The van der Waals surface area contributed by atoms with Crippen LogP contribution in [-0.4, -0.2) is 21.6 Å². The number of benzene rings is 1. The van der Waals surface area contributed by atoms with Gasteiger partial charge in [0.15, 0.2) is 5.78 Å². The summed E-state index contributed by atoms with van der Waals surface area (Å²) in [4.78, 5) is 12.3. The molecule has 53 heavy (non-hydrogen) atoms. The lowest BCUT2D eigenvalue weighted by Crippen LogP contribution is -2.63. The van der Waals surface area contributed by atoms with Gasteiger partial charge in [-0.1, -0.05) is 82.2 Å². The molecule has 3 nitrogen and oxygen atoms in total. The van der Waals surface area contributed by atoms with Gasteiger partial charge in [-0.2, -0.15) is 0 Å². The second-order valence-corrected chi connectivity index (χ2v) is 23.4. The number of hydrogen-bond acceptors (Lipinski definition) is 2. The number of carbonyl (C=O) groups is 1. The lowest BCUT2D eigenvalue weighted by molar-refractivity contribution is -0.193. The number of nitrogens with zero attached hydrogens (tertiary/aromatic N) is 1. The Kier molecular flexibility index (Phi) is 8.01. The molecule has 292 valence electrons. The third-order valence-corrected chi connectivity index (χ3v) is 18.6. The number of hydrogen-bond donors (Lipinski definition) is 0. The van der Waals surface area contributed by atoms with Crippen LogP contribution in [0.15, 0.2) is 17.7 Å². The molecule has 0 bridgehead atoms. The Morgan fingerprint density at radius 2 is 1.62 bits per heavy atom. The van der Waals surface area contributed by atoms with E-state index in [1.54, 1.807) is 45.8 Å². The van der Waals surface area contributed by atoms with Gasteiger partial charge in [0.1, 0.15) is 0 Å². The van der Waals surface area contributed by atoms with Crippen molar-refractivity contribution >= 4 is 16.7 Å². The monoisotopic (exact) mass is 722 g/mol. The summed E-state index contributed by atoms with van der Waals surface area (Å²) in [5.74, 6) is 3.97. The molecule has 10 atom stereocenters. The van der Waals surface area contributed by atoms with Crippen LogP contribution in [0.4, 0.5) is 0 Å². The molecule has 3 heterocycles. The fourth-order valence-electron chi connectivity index (χ4n) is 16.4. The Bertz CT molecular complexity index is 1930. The molecular weight excluding hydrogens is 647 g/mol. The molecule has 0 amide bonds. The maximum absolute atomic E-state index is 12.3. The van der Waals surface area contributed by atoms with Gasteiger partial charge < -0.3 is 9.30 Å². The minimum atomic E-state index is -0.162. The highest BCUT2D eigenvalue weighted by atomic mass is 16.5. The van der Waals surface area contributed by atoms with Gasteiger partial charge in [0.05, 0.1) is 16.7 Å². The average Bonchev–Trinajstić information content (AvgIpc) is 3.66. The van der Waals surface area contributed by atoms with E-state index in [0.29, 0.717) is 47.5 Å². The first-order valence-electron chi connectivity index (χ1n) is 21.9. The number of Topliss-reactive ketones (excluding diaryl/α,β-unsaturated/α-hetero) is 1. The van der Waals surface area contributed by atoms with Crippen LogP contribution in [0.5, 0.6) is 0 Å². The zero-order valence-electron chi connectivity index (χ0n) is 37.0. The van der Waals surface area contributed by atoms with Crippen molar-refractivity contribution in [3.8, 4) is 0 Å². The number of rotatable bonds is 5. The molecule has 1 aromatic heterocycles. The highest BCUT2D eigenvalue weighted by molar-refractivity contribution is 5.95. The number of fused-ring (bicyclic) bond motifs is 11. The Balaban J connectivity index is 1.35. The van der Waals surface area contributed by atoms with E-state index >= 15 is 0 Å². The Labute approximate surface area is 323 Å². The van der Waals surface area contributed by atoms with Crippen molar-refractivity contribution in [2.45, 2.75) is 203 Å². The summed E-state index contributed by atoms with van der Waals surface area (Å²) in [7, 11) is 0. The highest BCUT2D eigenvalue weighted by Crippen LogP contribution is 2.75. The second kappa shape index (κ2) is 11.2. The summed E-state index contributed by atoms with van der Waals surface area (Å²) < 4.78 is 9.97. The molecule has 0 spiro atoms. The van der Waals surface area contributed by atoms with E-state index in [9.17, 15) is 4.79 Å². The van der Waals surface area contributed by atoms with E-state index in [2.05, 4.69) is 121 Å². The molecule has 3 fully saturated rings. The Hall–Kier alpha value is -1.87. The van der Waals surface area contributed by atoms with Crippen molar-refractivity contribution in [3.63, 3.8) is 0 Å². The van der Waals surface area contributed by atoms with Gasteiger partial charge in [-0.15, -0.1) is 0 Å². The van der Waals surface area contributed by atoms with Gasteiger partial charge in [0.2, 0.25) is 0 Å². The van der Waals surface area contributed by atoms with Crippen molar-refractivity contribution in [1.82, 2.24) is 4.57 Å². The zero-order valence-corrected chi connectivity index (χ0v) is 37.0. The summed E-state index contributed by atoms with van der Waals surface area (Å²) in [5.41, 5.74) is 11.6. The van der Waals surface area contributed by atoms with Crippen LogP contribution in [0, 0.1) is 45.8 Å². The first kappa shape index (κ1) is 38.0. The smallest absolute Gasteiger partial charge is 0.155 e. The van der Waals surface area contributed by atoms with Gasteiger partial charge in [-0.3, -0.25) is 4.79 Å². The Morgan fingerprint density at radius 3 is 2.25 bits per heavy atom. The third kappa shape index (κ3) is 4.64. The van der Waals surface area contributed by atoms with Crippen LogP contribution in [0.25, 0.3) is 10.9 Å². The quantitative estimate of drug-likeness (QED) is 0.288.